The first kappa shape index (κ1) is 14.0. The standard InChI is InChI=1S/C13H23N5O/c1-11-10-12(18-6-8-19-9-7-18)16-13(15-11)14-4-5-17(2)3/h10H,4-9H2,1-3H3,(H,14,15,16). The highest BCUT2D eigenvalue weighted by atomic mass is 16.5. The molecule has 1 fully saturated rings. The SMILES string of the molecule is Cc1cc(N2CCOCC2)nc(NCCN(C)C)n1. The van der Waals surface area contributed by atoms with Crippen molar-refractivity contribution in [2.45, 2.75) is 6.92 Å². The zero-order valence-corrected chi connectivity index (χ0v) is 12.0. The Morgan fingerprint density at radius 3 is 2.74 bits per heavy atom. The van der Waals surface area contributed by atoms with Crippen molar-refractivity contribution in [2.24, 2.45) is 0 Å². The largest absolute Gasteiger partial charge is 0.378 e. The van der Waals surface area contributed by atoms with Gasteiger partial charge < -0.3 is 19.9 Å². The van der Waals surface area contributed by atoms with Crippen molar-refractivity contribution in [1.82, 2.24) is 14.9 Å². The molecule has 0 atom stereocenters. The Kier molecular flexibility index (Phi) is 4.93. The van der Waals surface area contributed by atoms with Crippen molar-refractivity contribution in [3.8, 4) is 0 Å². The highest BCUT2D eigenvalue weighted by Crippen LogP contribution is 2.15. The summed E-state index contributed by atoms with van der Waals surface area (Å²) in [5.41, 5.74) is 0.990. The molecule has 1 aliphatic heterocycles. The quantitative estimate of drug-likeness (QED) is 0.841. The molecule has 2 rings (SSSR count). The molecule has 0 radical (unpaired) electrons. The van der Waals surface area contributed by atoms with Crippen LogP contribution in [0.2, 0.25) is 0 Å². The fraction of sp³-hybridized carbons (Fsp3) is 0.692. The summed E-state index contributed by atoms with van der Waals surface area (Å²) < 4.78 is 5.37. The Balaban J connectivity index is 2.01. The van der Waals surface area contributed by atoms with Gasteiger partial charge in [-0.05, 0) is 21.0 Å². The van der Waals surface area contributed by atoms with Crippen LogP contribution in [-0.4, -0.2) is 68.4 Å². The minimum Gasteiger partial charge on any atom is -0.378 e. The van der Waals surface area contributed by atoms with Gasteiger partial charge in [0, 0.05) is 37.9 Å². The van der Waals surface area contributed by atoms with E-state index >= 15 is 0 Å². The average molecular weight is 265 g/mol. The lowest BCUT2D eigenvalue weighted by Crippen LogP contribution is -2.37. The Morgan fingerprint density at radius 2 is 2.05 bits per heavy atom. The summed E-state index contributed by atoms with van der Waals surface area (Å²) in [7, 11) is 4.11. The molecule has 106 valence electrons. The summed E-state index contributed by atoms with van der Waals surface area (Å²) in [6.45, 7) is 7.14. The lowest BCUT2D eigenvalue weighted by Gasteiger charge is -2.28. The molecule has 1 saturated heterocycles. The maximum atomic E-state index is 5.37. The third-order valence-electron chi connectivity index (χ3n) is 3.02. The number of rotatable bonds is 5. The molecule has 1 aromatic rings. The van der Waals surface area contributed by atoms with Crippen molar-refractivity contribution in [3.05, 3.63) is 11.8 Å². The topological polar surface area (TPSA) is 53.5 Å². The number of aromatic nitrogens is 2. The fourth-order valence-corrected chi connectivity index (χ4v) is 1.98. The molecule has 1 aliphatic rings. The first-order valence-corrected chi connectivity index (χ1v) is 6.72. The molecule has 6 nitrogen and oxygen atoms in total. The Bertz CT molecular complexity index is 404. The van der Waals surface area contributed by atoms with E-state index in [9.17, 15) is 0 Å². The second kappa shape index (κ2) is 6.68. The van der Waals surface area contributed by atoms with Crippen LogP contribution in [0.5, 0.6) is 0 Å². The maximum absolute atomic E-state index is 5.37. The van der Waals surface area contributed by atoms with Gasteiger partial charge in [-0.1, -0.05) is 0 Å². The van der Waals surface area contributed by atoms with E-state index in [2.05, 4.69) is 39.2 Å². The summed E-state index contributed by atoms with van der Waals surface area (Å²) in [5.74, 6) is 1.70. The monoisotopic (exact) mass is 265 g/mol. The number of hydrogen-bond donors (Lipinski definition) is 1. The highest BCUT2D eigenvalue weighted by Gasteiger charge is 2.13. The molecular formula is C13H23N5O. The lowest BCUT2D eigenvalue weighted by molar-refractivity contribution is 0.122. The van der Waals surface area contributed by atoms with E-state index < -0.39 is 0 Å². The summed E-state index contributed by atoms with van der Waals surface area (Å²) in [6.07, 6.45) is 0. The van der Waals surface area contributed by atoms with Crippen molar-refractivity contribution in [2.75, 3.05) is 63.7 Å². The minimum absolute atomic E-state index is 0.711. The van der Waals surface area contributed by atoms with Gasteiger partial charge in [-0.25, -0.2) is 4.98 Å². The van der Waals surface area contributed by atoms with Crippen molar-refractivity contribution >= 4 is 11.8 Å². The zero-order valence-electron chi connectivity index (χ0n) is 12.0. The van der Waals surface area contributed by atoms with E-state index in [1.54, 1.807) is 0 Å². The molecule has 1 N–H and O–H groups in total. The van der Waals surface area contributed by atoms with Crippen LogP contribution in [-0.2, 0) is 4.74 Å². The summed E-state index contributed by atoms with van der Waals surface area (Å²) >= 11 is 0. The van der Waals surface area contributed by atoms with Crippen molar-refractivity contribution in [3.63, 3.8) is 0 Å². The van der Waals surface area contributed by atoms with E-state index in [-0.39, 0.29) is 0 Å². The molecule has 0 aliphatic carbocycles. The highest BCUT2D eigenvalue weighted by molar-refractivity contribution is 5.45. The molecule has 0 saturated carbocycles. The zero-order chi connectivity index (χ0) is 13.7. The number of likely N-dealkylation sites (N-methyl/N-ethyl adjacent to an activating group) is 1. The Hall–Kier alpha value is -1.40. The van der Waals surface area contributed by atoms with Crippen molar-refractivity contribution in [1.29, 1.82) is 0 Å². The second-order valence-electron chi connectivity index (χ2n) is 5.02. The summed E-state index contributed by atoms with van der Waals surface area (Å²) in [6, 6.07) is 2.03. The maximum Gasteiger partial charge on any atom is 0.224 e. The van der Waals surface area contributed by atoms with Gasteiger partial charge in [0.2, 0.25) is 5.95 Å². The van der Waals surface area contributed by atoms with Crippen LogP contribution in [0.25, 0.3) is 0 Å². The Morgan fingerprint density at radius 1 is 1.32 bits per heavy atom. The number of morpholine rings is 1. The van der Waals surface area contributed by atoms with Gasteiger partial charge in [-0.15, -0.1) is 0 Å². The minimum atomic E-state index is 0.711. The van der Waals surface area contributed by atoms with E-state index in [0.717, 1.165) is 50.9 Å². The van der Waals surface area contributed by atoms with Gasteiger partial charge in [0.1, 0.15) is 5.82 Å². The summed E-state index contributed by atoms with van der Waals surface area (Å²) in [5, 5.41) is 3.27. The number of hydrogen-bond acceptors (Lipinski definition) is 6. The third-order valence-corrected chi connectivity index (χ3v) is 3.02. The number of anilines is 2. The third kappa shape index (κ3) is 4.33. The van der Waals surface area contributed by atoms with E-state index in [4.69, 9.17) is 4.74 Å². The van der Waals surface area contributed by atoms with Gasteiger partial charge in [0.05, 0.1) is 13.2 Å². The first-order chi connectivity index (χ1) is 9.15. The number of nitrogens with one attached hydrogen (secondary N) is 1. The predicted molar refractivity (Wildman–Crippen MR) is 76.8 cm³/mol. The van der Waals surface area contributed by atoms with Gasteiger partial charge in [0.15, 0.2) is 0 Å². The van der Waals surface area contributed by atoms with Gasteiger partial charge in [-0.3, -0.25) is 0 Å². The molecule has 0 spiro atoms. The summed E-state index contributed by atoms with van der Waals surface area (Å²) in [4.78, 5) is 13.4. The first-order valence-electron chi connectivity index (χ1n) is 6.72. The molecule has 0 amide bonds. The van der Waals surface area contributed by atoms with Crippen LogP contribution < -0.4 is 10.2 Å². The molecular weight excluding hydrogens is 242 g/mol. The van der Waals surface area contributed by atoms with Crippen LogP contribution in [0.1, 0.15) is 5.69 Å². The molecule has 19 heavy (non-hydrogen) atoms. The number of aryl methyl sites for hydroxylation is 1. The van der Waals surface area contributed by atoms with Crippen LogP contribution in [0.15, 0.2) is 6.07 Å². The molecule has 0 bridgehead atoms. The van der Waals surface area contributed by atoms with Crippen LogP contribution in [0, 0.1) is 6.92 Å². The molecule has 0 unspecified atom stereocenters. The number of nitrogens with zero attached hydrogens (tertiary/aromatic N) is 4. The van der Waals surface area contributed by atoms with E-state index in [0.29, 0.717) is 5.95 Å². The molecule has 1 aromatic heterocycles. The van der Waals surface area contributed by atoms with Crippen LogP contribution in [0.4, 0.5) is 11.8 Å². The smallest absolute Gasteiger partial charge is 0.224 e. The fourth-order valence-electron chi connectivity index (χ4n) is 1.98. The molecule has 6 heteroatoms. The van der Waals surface area contributed by atoms with E-state index in [1.165, 1.54) is 0 Å². The average Bonchev–Trinajstić information content (AvgIpc) is 2.39. The van der Waals surface area contributed by atoms with Crippen LogP contribution >= 0.6 is 0 Å². The van der Waals surface area contributed by atoms with Crippen LogP contribution in [0.3, 0.4) is 0 Å². The number of ether oxygens (including phenoxy) is 1. The molecule has 0 aromatic carbocycles. The van der Waals surface area contributed by atoms with Gasteiger partial charge in [-0.2, -0.15) is 4.98 Å². The predicted octanol–water partition coefficient (Wildman–Crippen LogP) is 0.595. The van der Waals surface area contributed by atoms with Gasteiger partial charge >= 0.3 is 0 Å². The van der Waals surface area contributed by atoms with Crippen molar-refractivity contribution < 1.29 is 4.74 Å². The lowest BCUT2D eigenvalue weighted by atomic mass is 10.3. The second-order valence-corrected chi connectivity index (χ2v) is 5.02. The van der Waals surface area contributed by atoms with Gasteiger partial charge in [0.25, 0.3) is 0 Å². The molecule has 2 heterocycles. The van der Waals surface area contributed by atoms with E-state index in [1.807, 2.05) is 13.0 Å². The normalized spacial score (nSPS) is 15.9. The Labute approximate surface area is 114 Å².